The summed E-state index contributed by atoms with van der Waals surface area (Å²) in [5.74, 6) is 0. The lowest BCUT2D eigenvalue weighted by atomic mass is 9.93. The summed E-state index contributed by atoms with van der Waals surface area (Å²) in [5.41, 5.74) is 14.0. The van der Waals surface area contributed by atoms with Gasteiger partial charge in [0.15, 0.2) is 0 Å². The number of nitrogens with zero attached hydrogens (tertiary/aromatic N) is 1. The largest absolute Gasteiger partial charge is 0.309 e. The van der Waals surface area contributed by atoms with Gasteiger partial charge in [0, 0.05) is 21.8 Å². The average molecular weight is 570 g/mol. The Hall–Kier alpha value is -5.92. The summed E-state index contributed by atoms with van der Waals surface area (Å²) in [6, 6.07) is 60.2. The van der Waals surface area contributed by atoms with Crippen LogP contribution < -0.4 is 0 Å². The Morgan fingerprint density at radius 1 is 0.333 bits per heavy atom. The molecule has 0 aliphatic heterocycles. The molecular weight excluding hydrogens is 542 g/mol. The predicted octanol–water partition coefficient (Wildman–Crippen LogP) is 12.1. The Kier molecular flexibility index (Phi) is 5.06. The molecule has 0 unspecified atom stereocenters. The monoisotopic (exact) mass is 569 g/mol. The summed E-state index contributed by atoms with van der Waals surface area (Å²) in [7, 11) is 0. The van der Waals surface area contributed by atoms with Crippen molar-refractivity contribution < 1.29 is 0 Å². The van der Waals surface area contributed by atoms with Crippen LogP contribution in [0.15, 0.2) is 164 Å². The summed E-state index contributed by atoms with van der Waals surface area (Å²) < 4.78 is 2.42. The first-order chi connectivity index (χ1) is 22.3. The molecule has 0 fully saturated rings. The van der Waals surface area contributed by atoms with Gasteiger partial charge < -0.3 is 4.57 Å². The second kappa shape index (κ2) is 9.29. The van der Waals surface area contributed by atoms with Crippen molar-refractivity contribution in [2.45, 2.75) is 0 Å². The zero-order valence-corrected chi connectivity index (χ0v) is 24.5. The van der Waals surface area contributed by atoms with Crippen LogP contribution in [0.3, 0.4) is 0 Å². The van der Waals surface area contributed by atoms with Crippen molar-refractivity contribution in [1.82, 2.24) is 4.57 Å². The molecule has 1 nitrogen and oxygen atoms in total. The van der Waals surface area contributed by atoms with E-state index < -0.39 is 0 Å². The van der Waals surface area contributed by atoms with Crippen LogP contribution >= 0.6 is 0 Å². The first-order valence-electron chi connectivity index (χ1n) is 15.6. The predicted molar refractivity (Wildman–Crippen MR) is 191 cm³/mol. The molecule has 9 aromatic rings. The molecule has 0 atom stereocenters. The van der Waals surface area contributed by atoms with Gasteiger partial charge in [0.05, 0.1) is 11.0 Å². The smallest absolute Gasteiger partial charge is 0.0619 e. The van der Waals surface area contributed by atoms with Gasteiger partial charge in [0.25, 0.3) is 0 Å². The summed E-state index contributed by atoms with van der Waals surface area (Å²) in [5, 5.41) is 7.76. The lowest BCUT2D eigenvalue weighted by molar-refractivity contribution is 1.19. The van der Waals surface area contributed by atoms with E-state index in [0.717, 1.165) is 0 Å². The van der Waals surface area contributed by atoms with Gasteiger partial charge in [0.2, 0.25) is 0 Å². The van der Waals surface area contributed by atoms with E-state index in [4.69, 9.17) is 0 Å². The Bertz CT molecular complexity index is 2620. The molecule has 1 aliphatic rings. The second-order valence-electron chi connectivity index (χ2n) is 12.1. The van der Waals surface area contributed by atoms with Crippen LogP contribution in [0.1, 0.15) is 0 Å². The summed E-state index contributed by atoms with van der Waals surface area (Å²) >= 11 is 0. The number of hydrogen-bond donors (Lipinski definition) is 0. The molecule has 10 rings (SSSR count). The van der Waals surface area contributed by atoms with Crippen molar-refractivity contribution in [1.29, 1.82) is 0 Å². The number of hydrogen-bond acceptors (Lipinski definition) is 0. The quantitative estimate of drug-likeness (QED) is 0.199. The highest BCUT2D eigenvalue weighted by Crippen LogP contribution is 2.48. The van der Waals surface area contributed by atoms with Crippen LogP contribution in [0.2, 0.25) is 0 Å². The van der Waals surface area contributed by atoms with E-state index in [1.807, 2.05) is 0 Å². The molecule has 1 aliphatic carbocycles. The minimum absolute atomic E-state index is 1.18. The lowest BCUT2D eigenvalue weighted by Gasteiger charge is -2.13. The van der Waals surface area contributed by atoms with Gasteiger partial charge in [-0.2, -0.15) is 0 Å². The maximum atomic E-state index is 2.42. The zero-order chi connectivity index (χ0) is 29.5. The third kappa shape index (κ3) is 3.50. The van der Waals surface area contributed by atoms with Gasteiger partial charge >= 0.3 is 0 Å². The normalized spacial score (nSPS) is 12.0. The second-order valence-corrected chi connectivity index (χ2v) is 12.1. The van der Waals surface area contributed by atoms with Gasteiger partial charge in [-0.05, 0) is 91.0 Å². The van der Waals surface area contributed by atoms with Crippen molar-refractivity contribution in [2.24, 2.45) is 0 Å². The van der Waals surface area contributed by atoms with Crippen molar-refractivity contribution in [2.75, 3.05) is 0 Å². The molecule has 0 N–H and O–H groups in total. The van der Waals surface area contributed by atoms with E-state index in [1.54, 1.807) is 0 Å². The average Bonchev–Trinajstić information content (AvgIpc) is 3.63. The zero-order valence-electron chi connectivity index (χ0n) is 24.5. The van der Waals surface area contributed by atoms with E-state index in [2.05, 4.69) is 168 Å². The first-order valence-corrected chi connectivity index (χ1v) is 15.6. The van der Waals surface area contributed by atoms with E-state index in [1.165, 1.54) is 93.5 Å². The Labute approximate surface area is 261 Å². The lowest BCUT2D eigenvalue weighted by Crippen LogP contribution is -1.94. The first kappa shape index (κ1) is 24.5. The molecule has 1 heterocycles. The van der Waals surface area contributed by atoms with Crippen molar-refractivity contribution in [3.63, 3.8) is 0 Å². The standard InChI is InChI=1S/C44H27N/c1-2-11-32(12-3-1)45-42-19-7-6-15-37(42)40-25-24-36-33(16-9-18-39(36)44(40)45)29-22-20-28(21-23-29)31-26-30-10-8-17-38-34-13-4-5-14-35(34)41(27-31)43(30)38/h1-27H. The molecule has 45 heavy (non-hydrogen) atoms. The van der Waals surface area contributed by atoms with Crippen LogP contribution in [-0.2, 0) is 0 Å². The fourth-order valence-electron chi connectivity index (χ4n) is 7.74. The van der Waals surface area contributed by atoms with Crippen LogP contribution in [-0.4, -0.2) is 4.57 Å². The fraction of sp³-hybridized carbons (Fsp3) is 0. The van der Waals surface area contributed by atoms with Gasteiger partial charge in [-0.3, -0.25) is 0 Å². The third-order valence-corrected chi connectivity index (χ3v) is 9.72. The summed E-state index contributed by atoms with van der Waals surface area (Å²) in [4.78, 5) is 0. The molecule has 0 saturated carbocycles. The van der Waals surface area contributed by atoms with Crippen molar-refractivity contribution in [3.05, 3.63) is 164 Å². The number of aromatic nitrogens is 1. The SMILES string of the molecule is c1ccc(-n2c3ccccc3c3ccc4c(-c5ccc(-c6cc7c8c(cccc8c6)-c6ccccc6-7)cc5)cccc4c32)cc1. The topological polar surface area (TPSA) is 4.93 Å². The Balaban J connectivity index is 1.13. The molecule has 1 heteroatoms. The number of rotatable bonds is 3. The Morgan fingerprint density at radius 2 is 0.956 bits per heavy atom. The number of benzene rings is 8. The van der Waals surface area contributed by atoms with Gasteiger partial charge in [-0.1, -0.05) is 133 Å². The Morgan fingerprint density at radius 3 is 1.82 bits per heavy atom. The molecule has 0 spiro atoms. The minimum Gasteiger partial charge on any atom is -0.309 e. The van der Waals surface area contributed by atoms with Crippen molar-refractivity contribution in [3.8, 4) is 50.2 Å². The highest BCUT2D eigenvalue weighted by Gasteiger charge is 2.22. The van der Waals surface area contributed by atoms with Gasteiger partial charge in [0.1, 0.15) is 0 Å². The van der Waals surface area contributed by atoms with Crippen molar-refractivity contribution >= 4 is 43.4 Å². The van der Waals surface area contributed by atoms with E-state index in [0.29, 0.717) is 0 Å². The molecular formula is C44H27N. The van der Waals surface area contributed by atoms with Gasteiger partial charge in [-0.15, -0.1) is 0 Å². The molecule has 0 amide bonds. The number of para-hydroxylation sites is 2. The molecule has 8 aromatic carbocycles. The van der Waals surface area contributed by atoms with E-state index in [-0.39, 0.29) is 0 Å². The minimum atomic E-state index is 1.18. The van der Waals surface area contributed by atoms with E-state index >= 15 is 0 Å². The maximum absolute atomic E-state index is 2.42. The summed E-state index contributed by atoms with van der Waals surface area (Å²) in [6.07, 6.45) is 0. The molecule has 0 bridgehead atoms. The molecule has 1 aromatic heterocycles. The van der Waals surface area contributed by atoms with Crippen LogP contribution in [0.25, 0.3) is 93.5 Å². The van der Waals surface area contributed by atoms with Crippen LogP contribution in [0, 0.1) is 0 Å². The van der Waals surface area contributed by atoms with Gasteiger partial charge in [-0.25, -0.2) is 0 Å². The fourth-order valence-corrected chi connectivity index (χ4v) is 7.74. The maximum Gasteiger partial charge on any atom is 0.0619 e. The molecule has 0 saturated heterocycles. The highest BCUT2D eigenvalue weighted by molar-refractivity contribution is 6.20. The summed E-state index contributed by atoms with van der Waals surface area (Å²) in [6.45, 7) is 0. The van der Waals surface area contributed by atoms with E-state index in [9.17, 15) is 0 Å². The van der Waals surface area contributed by atoms with Crippen LogP contribution in [0.4, 0.5) is 0 Å². The third-order valence-electron chi connectivity index (χ3n) is 9.72. The number of fused-ring (bicyclic) bond motifs is 8. The molecule has 208 valence electrons. The molecule has 0 radical (unpaired) electrons. The highest BCUT2D eigenvalue weighted by atomic mass is 15.0. The van der Waals surface area contributed by atoms with Crippen LogP contribution in [0.5, 0.6) is 0 Å².